The normalized spacial score (nSPS) is 29.3. The first-order chi connectivity index (χ1) is 10.8. The Morgan fingerprint density at radius 1 is 1.35 bits per heavy atom. The number of fused-ring (bicyclic) bond motifs is 1. The summed E-state index contributed by atoms with van der Waals surface area (Å²) in [6.45, 7) is 5.40. The minimum absolute atomic E-state index is 0.149. The summed E-state index contributed by atoms with van der Waals surface area (Å²) >= 11 is 0. The van der Waals surface area contributed by atoms with Crippen molar-refractivity contribution in [1.29, 1.82) is 0 Å². The van der Waals surface area contributed by atoms with Gasteiger partial charge in [-0.1, -0.05) is 6.07 Å². The topological polar surface area (TPSA) is 35.5 Å². The SMILES string of the molecule is Cc1ccc(C(F)(F)F)cc1CN1CC[C@@]2(O)CCNC[C@H]2C1. The summed E-state index contributed by atoms with van der Waals surface area (Å²) in [4.78, 5) is 2.16. The van der Waals surface area contributed by atoms with Gasteiger partial charge in [0.25, 0.3) is 0 Å². The Labute approximate surface area is 134 Å². The molecule has 1 aromatic carbocycles. The van der Waals surface area contributed by atoms with Crippen LogP contribution in [0.3, 0.4) is 0 Å². The van der Waals surface area contributed by atoms with Gasteiger partial charge in [0.2, 0.25) is 0 Å². The number of benzene rings is 1. The molecule has 2 saturated heterocycles. The predicted molar refractivity (Wildman–Crippen MR) is 82.0 cm³/mol. The van der Waals surface area contributed by atoms with Crippen LogP contribution in [0.4, 0.5) is 13.2 Å². The zero-order valence-corrected chi connectivity index (χ0v) is 13.3. The van der Waals surface area contributed by atoms with Crippen molar-refractivity contribution in [3.63, 3.8) is 0 Å². The van der Waals surface area contributed by atoms with Gasteiger partial charge in [0.05, 0.1) is 11.2 Å². The number of nitrogens with zero attached hydrogens (tertiary/aromatic N) is 1. The lowest BCUT2D eigenvalue weighted by molar-refractivity contribution is -0.137. The number of alkyl halides is 3. The largest absolute Gasteiger partial charge is 0.416 e. The molecule has 2 atom stereocenters. The van der Waals surface area contributed by atoms with E-state index in [1.165, 1.54) is 6.07 Å². The molecule has 2 fully saturated rings. The molecular weight excluding hydrogens is 305 g/mol. The van der Waals surface area contributed by atoms with Crippen LogP contribution in [0.25, 0.3) is 0 Å². The molecule has 0 radical (unpaired) electrons. The quantitative estimate of drug-likeness (QED) is 0.876. The molecule has 2 aliphatic heterocycles. The van der Waals surface area contributed by atoms with Crippen molar-refractivity contribution in [2.45, 2.75) is 38.1 Å². The van der Waals surface area contributed by atoms with E-state index in [1.54, 1.807) is 6.07 Å². The third-order valence-corrected chi connectivity index (χ3v) is 5.30. The van der Waals surface area contributed by atoms with Gasteiger partial charge < -0.3 is 10.4 Å². The van der Waals surface area contributed by atoms with Crippen molar-refractivity contribution in [3.8, 4) is 0 Å². The fourth-order valence-electron chi connectivity index (χ4n) is 3.70. The van der Waals surface area contributed by atoms with Crippen molar-refractivity contribution in [2.24, 2.45) is 5.92 Å². The Morgan fingerprint density at radius 2 is 2.13 bits per heavy atom. The van der Waals surface area contributed by atoms with E-state index in [0.29, 0.717) is 18.5 Å². The standard InChI is InChI=1S/C17H23F3N2O/c1-12-2-3-14(17(18,19)20)8-13(12)10-22-7-5-16(23)4-6-21-9-15(16)11-22/h2-3,8,15,21,23H,4-7,9-11H2,1H3/t15-,16-/m0/s1. The lowest BCUT2D eigenvalue weighted by Gasteiger charge is -2.47. The summed E-state index contributed by atoms with van der Waals surface area (Å²) in [7, 11) is 0. The Balaban J connectivity index is 1.73. The second-order valence-corrected chi connectivity index (χ2v) is 6.88. The van der Waals surface area contributed by atoms with Crippen molar-refractivity contribution in [1.82, 2.24) is 10.2 Å². The average molecular weight is 328 g/mol. The monoisotopic (exact) mass is 328 g/mol. The Hall–Kier alpha value is -1.11. The number of piperidine rings is 2. The molecule has 2 heterocycles. The summed E-state index contributed by atoms with van der Waals surface area (Å²) in [5.74, 6) is 0.149. The number of hydrogen-bond donors (Lipinski definition) is 2. The first kappa shape index (κ1) is 16.7. The van der Waals surface area contributed by atoms with Gasteiger partial charge in [0.1, 0.15) is 0 Å². The summed E-state index contributed by atoms with van der Waals surface area (Å²) < 4.78 is 38.7. The molecular formula is C17H23F3N2O. The molecule has 0 spiro atoms. The highest BCUT2D eigenvalue weighted by molar-refractivity contribution is 5.32. The fourth-order valence-corrected chi connectivity index (χ4v) is 3.70. The van der Waals surface area contributed by atoms with Crippen molar-refractivity contribution >= 4 is 0 Å². The maximum Gasteiger partial charge on any atom is 0.416 e. The second kappa shape index (κ2) is 6.07. The average Bonchev–Trinajstić information content (AvgIpc) is 2.48. The Kier molecular flexibility index (Phi) is 4.42. The smallest absolute Gasteiger partial charge is 0.389 e. The van der Waals surface area contributed by atoms with Crippen LogP contribution in [0.1, 0.15) is 29.5 Å². The minimum atomic E-state index is -4.31. The maximum absolute atomic E-state index is 12.9. The zero-order chi connectivity index (χ0) is 16.7. The third-order valence-electron chi connectivity index (χ3n) is 5.30. The highest BCUT2D eigenvalue weighted by atomic mass is 19.4. The molecule has 1 aromatic rings. The summed E-state index contributed by atoms with van der Waals surface area (Å²) in [5, 5.41) is 14.0. The Morgan fingerprint density at radius 3 is 2.87 bits per heavy atom. The number of likely N-dealkylation sites (tertiary alicyclic amines) is 1. The highest BCUT2D eigenvalue weighted by Gasteiger charge is 2.42. The van der Waals surface area contributed by atoms with E-state index in [1.807, 2.05) is 6.92 Å². The minimum Gasteiger partial charge on any atom is -0.389 e. The maximum atomic E-state index is 12.9. The van der Waals surface area contributed by atoms with Gasteiger partial charge in [0, 0.05) is 32.1 Å². The summed E-state index contributed by atoms with van der Waals surface area (Å²) in [5.41, 5.74) is 0.394. The van der Waals surface area contributed by atoms with E-state index >= 15 is 0 Å². The molecule has 128 valence electrons. The van der Waals surface area contributed by atoms with Gasteiger partial charge in [-0.15, -0.1) is 0 Å². The van der Waals surface area contributed by atoms with Crippen LogP contribution >= 0.6 is 0 Å². The molecule has 2 aliphatic rings. The van der Waals surface area contributed by atoms with E-state index in [-0.39, 0.29) is 5.92 Å². The first-order valence-corrected chi connectivity index (χ1v) is 8.10. The van der Waals surface area contributed by atoms with E-state index in [4.69, 9.17) is 0 Å². The van der Waals surface area contributed by atoms with Gasteiger partial charge in [-0.3, -0.25) is 4.90 Å². The van der Waals surface area contributed by atoms with E-state index < -0.39 is 17.3 Å². The van der Waals surface area contributed by atoms with Gasteiger partial charge in [-0.25, -0.2) is 0 Å². The molecule has 3 nitrogen and oxygen atoms in total. The number of halogens is 3. The van der Waals surface area contributed by atoms with E-state index in [9.17, 15) is 18.3 Å². The molecule has 0 saturated carbocycles. The van der Waals surface area contributed by atoms with E-state index in [2.05, 4.69) is 10.2 Å². The molecule has 0 amide bonds. The van der Waals surface area contributed by atoms with Crippen molar-refractivity contribution < 1.29 is 18.3 Å². The lowest BCUT2D eigenvalue weighted by atomic mass is 9.76. The van der Waals surface area contributed by atoms with Crippen LogP contribution in [0.5, 0.6) is 0 Å². The Bertz CT molecular complexity index is 575. The number of hydrogen-bond acceptors (Lipinski definition) is 3. The predicted octanol–water partition coefficient (Wildman–Crippen LogP) is 2.56. The first-order valence-electron chi connectivity index (χ1n) is 8.10. The van der Waals surface area contributed by atoms with Crippen LogP contribution in [-0.4, -0.2) is 41.8 Å². The fraction of sp³-hybridized carbons (Fsp3) is 0.647. The van der Waals surface area contributed by atoms with Crippen LogP contribution in [0, 0.1) is 12.8 Å². The second-order valence-electron chi connectivity index (χ2n) is 6.88. The summed E-state index contributed by atoms with van der Waals surface area (Å²) in [6.07, 6.45) is -2.86. The number of aryl methyl sites for hydroxylation is 1. The van der Waals surface area contributed by atoms with Crippen molar-refractivity contribution in [3.05, 3.63) is 34.9 Å². The number of nitrogens with one attached hydrogen (secondary N) is 1. The molecule has 0 aromatic heterocycles. The molecule has 0 aliphatic carbocycles. The lowest BCUT2D eigenvalue weighted by Crippen LogP contribution is -2.58. The molecule has 2 N–H and O–H groups in total. The highest BCUT2D eigenvalue weighted by Crippen LogP contribution is 2.34. The van der Waals surface area contributed by atoms with Crippen molar-refractivity contribution in [2.75, 3.05) is 26.2 Å². The van der Waals surface area contributed by atoms with Gasteiger partial charge in [-0.05, 0) is 49.6 Å². The zero-order valence-electron chi connectivity index (χ0n) is 13.3. The van der Waals surface area contributed by atoms with Crippen LogP contribution in [0.15, 0.2) is 18.2 Å². The molecule has 6 heteroatoms. The molecule has 0 unspecified atom stereocenters. The van der Waals surface area contributed by atoms with Crippen LogP contribution in [0.2, 0.25) is 0 Å². The molecule has 23 heavy (non-hydrogen) atoms. The molecule has 0 bridgehead atoms. The van der Waals surface area contributed by atoms with Crippen LogP contribution in [-0.2, 0) is 12.7 Å². The third kappa shape index (κ3) is 3.54. The van der Waals surface area contributed by atoms with E-state index in [0.717, 1.165) is 44.2 Å². The number of rotatable bonds is 2. The number of aliphatic hydroxyl groups is 1. The molecule has 3 rings (SSSR count). The van der Waals surface area contributed by atoms with Gasteiger partial charge >= 0.3 is 6.18 Å². The van der Waals surface area contributed by atoms with Gasteiger partial charge in [0.15, 0.2) is 0 Å². The van der Waals surface area contributed by atoms with Crippen LogP contribution < -0.4 is 5.32 Å². The summed E-state index contributed by atoms with van der Waals surface area (Å²) in [6, 6.07) is 3.94. The van der Waals surface area contributed by atoms with Gasteiger partial charge in [-0.2, -0.15) is 13.2 Å².